The van der Waals surface area contributed by atoms with Crippen LogP contribution in [0.15, 0.2) is 28.7 Å². The number of rotatable bonds is 4. The van der Waals surface area contributed by atoms with Gasteiger partial charge in [0, 0.05) is 23.8 Å². The summed E-state index contributed by atoms with van der Waals surface area (Å²) in [7, 11) is 1.69. The third kappa shape index (κ3) is 3.71. The Morgan fingerprint density at radius 3 is 2.94 bits per heavy atom. The van der Waals surface area contributed by atoms with E-state index in [4.69, 9.17) is 0 Å². The summed E-state index contributed by atoms with van der Waals surface area (Å²) in [6, 6.07) is 7.22. The Hall–Kier alpha value is -1.07. The van der Waals surface area contributed by atoms with Crippen LogP contribution in [0.5, 0.6) is 0 Å². The number of anilines is 1. The van der Waals surface area contributed by atoms with Crippen LogP contribution in [0.3, 0.4) is 0 Å². The maximum absolute atomic E-state index is 11.9. The van der Waals surface area contributed by atoms with E-state index in [9.17, 15) is 9.90 Å². The van der Waals surface area contributed by atoms with E-state index in [1.807, 2.05) is 24.3 Å². The molecule has 1 unspecified atom stereocenters. The van der Waals surface area contributed by atoms with Gasteiger partial charge in [0.2, 0.25) is 0 Å². The van der Waals surface area contributed by atoms with Gasteiger partial charge in [-0.1, -0.05) is 22.0 Å². The van der Waals surface area contributed by atoms with Crippen molar-refractivity contribution in [3.05, 3.63) is 28.7 Å². The summed E-state index contributed by atoms with van der Waals surface area (Å²) < 4.78 is 0.918. The van der Waals surface area contributed by atoms with Crippen LogP contribution < -0.4 is 5.32 Å². The average molecular weight is 313 g/mol. The monoisotopic (exact) mass is 312 g/mol. The molecule has 0 aliphatic heterocycles. The van der Waals surface area contributed by atoms with E-state index in [2.05, 4.69) is 21.2 Å². The van der Waals surface area contributed by atoms with Gasteiger partial charge in [0.25, 0.3) is 0 Å². The number of halogens is 1. The van der Waals surface area contributed by atoms with Crippen LogP contribution in [0.4, 0.5) is 10.5 Å². The molecular formula is C13H17BrN2O2. The van der Waals surface area contributed by atoms with E-state index in [-0.39, 0.29) is 6.03 Å². The molecule has 2 rings (SSSR count). The summed E-state index contributed by atoms with van der Waals surface area (Å²) in [4.78, 5) is 13.4. The zero-order valence-corrected chi connectivity index (χ0v) is 11.9. The lowest BCUT2D eigenvalue weighted by Gasteiger charge is -2.21. The van der Waals surface area contributed by atoms with Gasteiger partial charge in [0.15, 0.2) is 0 Å². The molecule has 98 valence electrons. The zero-order chi connectivity index (χ0) is 13.1. The minimum absolute atomic E-state index is 0.201. The standard InChI is InChI=1S/C13H17BrN2O2/c1-16(8-12(17)9-5-6-9)13(18)15-11-4-2-3-10(14)7-11/h2-4,7,9,12,17H,5-6,8H2,1H3,(H,15,18). The van der Waals surface area contributed by atoms with E-state index < -0.39 is 6.10 Å². The molecule has 1 aromatic rings. The Balaban J connectivity index is 1.86. The molecule has 18 heavy (non-hydrogen) atoms. The van der Waals surface area contributed by atoms with Crippen molar-refractivity contribution in [2.24, 2.45) is 5.92 Å². The molecule has 1 aromatic carbocycles. The molecule has 1 fully saturated rings. The predicted octanol–water partition coefficient (Wildman–Crippen LogP) is 2.68. The van der Waals surface area contributed by atoms with Crippen molar-refractivity contribution in [1.29, 1.82) is 0 Å². The van der Waals surface area contributed by atoms with Crippen molar-refractivity contribution in [2.75, 3.05) is 18.9 Å². The van der Waals surface area contributed by atoms with E-state index in [1.165, 1.54) is 4.90 Å². The molecule has 1 atom stereocenters. The molecule has 1 saturated carbocycles. The zero-order valence-electron chi connectivity index (χ0n) is 10.3. The summed E-state index contributed by atoms with van der Waals surface area (Å²) in [6.45, 7) is 0.379. The predicted molar refractivity (Wildman–Crippen MR) is 74.5 cm³/mol. The Bertz CT molecular complexity index is 435. The average Bonchev–Trinajstić information content (AvgIpc) is 3.12. The molecule has 0 aromatic heterocycles. The van der Waals surface area contributed by atoms with Gasteiger partial charge in [0.05, 0.1) is 6.10 Å². The normalized spacial score (nSPS) is 16.2. The number of amides is 2. The van der Waals surface area contributed by atoms with Crippen molar-refractivity contribution in [2.45, 2.75) is 18.9 Å². The van der Waals surface area contributed by atoms with Crippen molar-refractivity contribution in [3.8, 4) is 0 Å². The number of hydrogen-bond donors (Lipinski definition) is 2. The highest BCUT2D eigenvalue weighted by molar-refractivity contribution is 9.10. The maximum Gasteiger partial charge on any atom is 0.321 e. The Morgan fingerprint density at radius 2 is 2.33 bits per heavy atom. The molecule has 2 N–H and O–H groups in total. The molecule has 4 nitrogen and oxygen atoms in total. The van der Waals surface area contributed by atoms with Gasteiger partial charge in [-0.2, -0.15) is 0 Å². The number of likely N-dealkylation sites (N-methyl/N-ethyl adjacent to an activating group) is 1. The molecule has 1 aliphatic carbocycles. The van der Waals surface area contributed by atoms with E-state index in [0.29, 0.717) is 12.5 Å². The number of urea groups is 1. The summed E-state index contributed by atoms with van der Waals surface area (Å²) in [5.74, 6) is 0.381. The van der Waals surface area contributed by atoms with Gasteiger partial charge in [-0.25, -0.2) is 4.79 Å². The number of aliphatic hydroxyl groups is 1. The number of carbonyl (C=O) groups is 1. The SMILES string of the molecule is CN(CC(O)C1CC1)C(=O)Nc1cccc(Br)c1. The van der Waals surface area contributed by atoms with E-state index in [1.54, 1.807) is 7.05 Å². The molecule has 0 saturated heterocycles. The van der Waals surface area contributed by atoms with Crippen molar-refractivity contribution in [1.82, 2.24) is 4.90 Å². The molecule has 0 heterocycles. The van der Waals surface area contributed by atoms with Crippen LogP contribution in [0.1, 0.15) is 12.8 Å². The van der Waals surface area contributed by atoms with Crippen LogP contribution in [-0.4, -0.2) is 35.7 Å². The highest BCUT2D eigenvalue weighted by Crippen LogP contribution is 2.32. The summed E-state index contributed by atoms with van der Waals surface area (Å²) >= 11 is 3.35. The molecule has 2 amide bonds. The lowest BCUT2D eigenvalue weighted by atomic mass is 10.2. The number of benzene rings is 1. The van der Waals surface area contributed by atoms with Crippen molar-refractivity contribution in [3.63, 3.8) is 0 Å². The molecular weight excluding hydrogens is 296 g/mol. The Kier molecular flexibility index (Phi) is 4.24. The number of nitrogens with one attached hydrogen (secondary N) is 1. The van der Waals surface area contributed by atoms with Gasteiger partial charge < -0.3 is 15.3 Å². The van der Waals surface area contributed by atoms with E-state index in [0.717, 1.165) is 23.0 Å². The highest BCUT2D eigenvalue weighted by atomic mass is 79.9. The molecule has 1 aliphatic rings. The Morgan fingerprint density at radius 1 is 1.61 bits per heavy atom. The van der Waals surface area contributed by atoms with Crippen LogP contribution in [0.25, 0.3) is 0 Å². The fourth-order valence-electron chi connectivity index (χ4n) is 1.78. The van der Waals surface area contributed by atoms with Gasteiger partial charge in [-0.3, -0.25) is 0 Å². The van der Waals surface area contributed by atoms with Gasteiger partial charge in [-0.15, -0.1) is 0 Å². The molecule has 5 heteroatoms. The summed E-state index contributed by atoms with van der Waals surface area (Å²) in [6.07, 6.45) is 1.74. The molecule has 0 spiro atoms. The van der Waals surface area contributed by atoms with Gasteiger partial charge in [0.1, 0.15) is 0 Å². The highest BCUT2D eigenvalue weighted by Gasteiger charge is 2.31. The lowest BCUT2D eigenvalue weighted by molar-refractivity contribution is 0.117. The Labute approximate surface area is 115 Å². The maximum atomic E-state index is 11.9. The largest absolute Gasteiger partial charge is 0.391 e. The minimum atomic E-state index is -0.400. The second-order valence-corrected chi connectivity index (χ2v) is 5.64. The minimum Gasteiger partial charge on any atom is -0.391 e. The number of hydrogen-bond acceptors (Lipinski definition) is 2. The van der Waals surface area contributed by atoms with Crippen LogP contribution in [0, 0.1) is 5.92 Å². The lowest BCUT2D eigenvalue weighted by Crippen LogP contribution is -2.37. The second-order valence-electron chi connectivity index (χ2n) is 4.73. The summed E-state index contributed by atoms with van der Waals surface area (Å²) in [5, 5.41) is 12.6. The van der Waals surface area contributed by atoms with Crippen LogP contribution in [0.2, 0.25) is 0 Å². The third-order valence-corrected chi connectivity index (χ3v) is 3.54. The number of aliphatic hydroxyl groups excluding tert-OH is 1. The van der Waals surface area contributed by atoms with Crippen LogP contribution in [-0.2, 0) is 0 Å². The topological polar surface area (TPSA) is 52.6 Å². The molecule has 0 radical (unpaired) electrons. The van der Waals surface area contributed by atoms with E-state index >= 15 is 0 Å². The third-order valence-electron chi connectivity index (χ3n) is 3.05. The fraction of sp³-hybridized carbons (Fsp3) is 0.462. The van der Waals surface area contributed by atoms with Crippen molar-refractivity contribution >= 4 is 27.6 Å². The smallest absolute Gasteiger partial charge is 0.321 e. The molecule has 0 bridgehead atoms. The first-order valence-corrected chi connectivity index (χ1v) is 6.81. The number of carbonyl (C=O) groups excluding carboxylic acids is 1. The van der Waals surface area contributed by atoms with Crippen LogP contribution >= 0.6 is 15.9 Å². The first kappa shape index (κ1) is 13.4. The quantitative estimate of drug-likeness (QED) is 0.898. The number of nitrogens with zero attached hydrogens (tertiary/aromatic N) is 1. The fourth-order valence-corrected chi connectivity index (χ4v) is 2.18. The van der Waals surface area contributed by atoms with Gasteiger partial charge >= 0.3 is 6.03 Å². The first-order valence-electron chi connectivity index (χ1n) is 6.02. The van der Waals surface area contributed by atoms with Gasteiger partial charge in [-0.05, 0) is 37.0 Å². The van der Waals surface area contributed by atoms with Crippen molar-refractivity contribution < 1.29 is 9.90 Å². The second kappa shape index (κ2) is 5.71. The summed E-state index contributed by atoms with van der Waals surface area (Å²) in [5.41, 5.74) is 0.738. The first-order chi connectivity index (χ1) is 8.56.